The minimum absolute atomic E-state index is 0.594. The Kier molecular flexibility index (Phi) is 3.21. The van der Waals surface area contributed by atoms with Gasteiger partial charge in [0.1, 0.15) is 5.82 Å². The molecule has 0 fully saturated rings. The Morgan fingerprint density at radius 3 is 2.40 bits per heavy atom. The highest BCUT2D eigenvalue weighted by Crippen LogP contribution is 2.23. The monoisotopic (exact) mass is 264 g/mol. The summed E-state index contributed by atoms with van der Waals surface area (Å²) < 4.78 is 0. The second kappa shape index (κ2) is 5.17. The fraction of sp³-hybridized carbons (Fsp3) is 0.125. The Morgan fingerprint density at radius 2 is 1.65 bits per heavy atom. The molecule has 0 radical (unpaired) electrons. The minimum atomic E-state index is 0.594. The first-order chi connectivity index (χ1) is 9.76. The second-order valence-corrected chi connectivity index (χ2v) is 4.65. The summed E-state index contributed by atoms with van der Waals surface area (Å²) in [4.78, 5) is 9.04. The van der Waals surface area contributed by atoms with Crippen molar-refractivity contribution in [2.24, 2.45) is 0 Å². The van der Waals surface area contributed by atoms with Crippen LogP contribution in [0.25, 0.3) is 10.9 Å². The van der Waals surface area contributed by atoms with Crippen LogP contribution in [0.2, 0.25) is 0 Å². The molecule has 0 saturated heterocycles. The van der Waals surface area contributed by atoms with E-state index in [1.807, 2.05) is 43.4 Å². The van der Waals surface area contributed by atoms with Gasteiger partial charge in [0.05, 0.1) is 5.52 Å². The Hall–Kier alpha value is -2.62. The molecule has 0 saturated carbocycles. The highest BCUT2D eigenvalue weighted by molar-refractivity contribution is 5.90. The zero-order valence-electron chi connectivity index (χ0n) is 11.5. The molecule has 0 atom stereocenters. The van der Waals surface area contributed by atoms with E-state index in [-0.39, 0.29) is 0 Å². The summed E-state index contributed by atoms with van der Waals surface area (Å²) in [6, 6.07) is 16.1. The Balaban J connectivity index is 2.01. The molecule has 0 bridgehead atoms. The number of fused-ring (bicyclic) bond motifs is 1. The smallest absolute Gasteiger partial charge is 0.229 e. The lowest BCUT2D eigenvalue weighted by Gasteiger charge is -2.09. The quantitative estimate of drug-likeness (QED) is 0.757. The molecule has 1 heterocycles. The number of benzene rings is 2. The van der Waals surface area contributed by atoms with Gasteiger partial charge in [0.2, 0.25) is 5.95 Å². The van der Waals surface area contributed by atoms with Gasteiger partial charge in [-0.15, -0.1) is 0 Å². The van der Waals surface area contributed by atoms with Crippen LogP contribution < -0.4 is 10.6 Å². The molecular formula is C16H16N4. The normalized spacial score (nSPS) is 10.5. The van der Waals surface area contributed by atoms with Crippen molar-refractivity contribution in [2.45, 2.75) is 6.92 Å². The lowest BCUT2D eigenvalue weighted by atomic mass is 10.2. The number of hydrogen-bond acceptors (Lipinski definition) is 4. The molecule has 4 heteroatoms. The van der Waals surface area contributed by atoms with Crippen LogP contribution in [0.1, 0.15) is 5.56 Å². The summed E-state index contributed by atoms with van der Waals surface area (Å²) in [5, 5.41) is 7.37. The molecule has 2 aromatic carbocycles. The molecule has 0 unspecified atom stereocenters. The zero-order valence-corrected chi connectivity index (χ0v) is 11.5. The number of aryl methyl sites for hydroxylation is 1. The highest BCUT2D eigenvalue weighted by Gasteiger charge is 2.06. The van der Waals surface area contributed by atoms with Crippen molar-refractivity contribution >= 4 is 28.4 Å². The molecule has 0 spiro atoms. The van der Waals surface area contributed by atoms with Crippen LogP contribution in [-0.2, 0) is 0 Å². The van der Waals surface area contributed by atoms with Gasteiger partial charge in [-0.1, -0.05) is 29.8 Å². The van der Waals surface area contributed by atoms with Gasteiger partial charge in [-0.3, -0.25) is 0 Å². The molecule has 4 nitrogen and oxygen atoms in total. The maximum Gasteiger partial charge on any atom is 0.229 e. The third-order valence-electron chi connectivity index (χ3n) is 3.15. The highest BCUT2D eigenvalue weighted by atomic mass is 15.1. The number of nitrogens with one attached hydrogen (secondary N) is 2. The first-order valence-corrected chi connectivity index (χ1v) is 6.54. The fourth-order valence-electron chi connectivity index (χ4n) is 2.09. The summed E-state index contributed by atoms with van der Waals surface area (Å²) in [6.07, 6.45) is 0. The first-order valence-electron chi connectivity index (χ1n) is 6.54. The van der Waals surface area contributed by atoms with Crippen molar-refractivity contribution in [3.05, 3.63) is 54.1 Å². The number of nitrogens with zero attached hydrogens (tertiary/aromatic N) is 2. The van der Waals surface area contributed by atoms with E-state index in [0.29, 0.717) is 5.95 Å². The van der Waals surface area contributed by atoms with Crippen molar-refractivity contribution < 1.29 is 0 Å². The predicted molar refractivity (Wildman–Crippen MR) is 83.5 cm³/mol. The number of aromatic nitrogens is 2. The van der Waals surface area contributed by atoms with Crippen LogP contribution in [0.5, 0.6) is 0 Å². The molecule has 0 aliphatic carbocycles. The third kappa shape index (κ3) is 2.40. The van der Waals surface area contributed by atoms with Gasteiger partial charge in [0.25, 0.3) is 0 Å². The van der Waals surface area contributed by atoms with Crippen LogP contribution in [0.4, 0.5) is 17.5 Å². The molecule has 3 aromatic rings. The molecule has 1 aromatic heterocycles. The predicted octanol–water partition coefficient (Wildman–Crippen LogP) is 3.72. The molecule has 20 heavy (non-hydrogen) atoms. The molecule has 100 valence electrons. The van der Waals surface area contributed by atoms with Crippen LogP contribution in [0.3, 0.4) is 0 Å². The van der Waals surface area contributed by atoms with Crippen molar-refractivity contribution in [1.29, 1.82) is 0 Å². The van der Waals surface area contributed by atoms with Gasteiger partial charge in [0, 0.05) is 18.1 Å². The van der Waals surface area contributed by atoms with Crippen LogP contribution in [0, 0.1) is 6.92 Å². The summed E-state index contributed by atoms with van der Waals surface area (Å²) in [7, 11) is 1.87. The lowest BCUT2D eigenvalue weighted by molar-refractivity contribution is 1.20. The van der Waals surface area contributed by atoms with Crippen molar-refractivity contribution in [1.82, 2.24) is 9.97 Å². The van der Waals surface area contributed by atoms with Crippen LogP contribution in [0.15, 0.2) is 48.5 Å². The molecule has 0 aliphatic heterocycles. The largest absolute Gasteiger partial charge is 0.372 e. The van der Waals surface area contributed by atoms with Crippen molar-refractivity contribution in [3.63, 3.8) is 0 Å². The van der Waals surface area contributed by atoms with Gasteiger partial charge in [-0.25, -0.2) is 4.98 Å². The van der Waals surface area contributed by atoms with Gasteiger partial charge in [0.15, 0.2) is 0 Å². The van der Waals surface area contributed by atoms with E-state index in [0.717, 1.165) is 22.4 Å². The van der Waals surface area contributed by atoms with Gasteiger partial charge in [-0.05, 0) is 31.2 Å². The molecule has 3 rings (SSSR count). The van der Waals surface area contributed by atoms with Crippen LogP contribution in [-0.4, -0.2) is 17.0 Å². The summed E-state index contributed by atoms with van der Waals surface area (Å²) in [5.41, 5.74) is 3.13. The van der Waals surface area contributed by atoms with E-state index >= 15 is 0 Å². The molecule has 0 amide bonds. The number of rotatable bonds is 3. The SMILES string of the molecule is CNc1nc(Nc2ccc(C)cc2)nc2ccccc12. The lowest BCUT2D eigenvalue weighted by Crippen LogP contribution is -2.01. The van der Waals surface area contributed by atoms with E-state index in [2.05, 4.69) is 39.7 Å². The summed E-state index contributed by atoms with van der Waals surface area (Å²) in [6.45, 7) is 2.06. The number of anilines is 3. The Morgan fingerprint density at radius 1 is 0.900 bits per heavy atom. The van der Waals surface area contributed by atoms with E-state index in [4.69, 9.17) is 0 Å². The summed E-state index contributed by atoms with van der Waals surface area (Å²) >= 11 is 0. The average Bonchev–Trinajstić information content (AvgIpc) is 2.49. The van der Waals surface area contributed by atoms with Gasteiger partial charge < -0.3 is 10.6 Å². The Bertz CT molecular complexity index is 735. The maximum atomic E-state index is 4.54. The topological polar surface area (TPSA) is 49.8 Å². The van der Waals surface area contributed by atoms with Gasteiger partial charge >= 0.3 is 0 Å². The van der Waals surface area contributed by atoms with E-state index in [1.54, 1.807) is 0 Å². The number of hydrogen-bond donors (Lipinski definition) is 2. The first kappa shape index (κ1) is 12.4. The molecule has 2 N–H and O–H groups in total. The summed E-state index contributed by atoms with van der Waals surface area (Å²) in [5.74, 6) is 1.42. The number of para-hydroxylation sites is 1. The maximum absolute atomic E-state index is 4.54. The molecular weight excluding hydrogens is 248 g/mol. The van der Waals surface area contributed by atoms with E-state index < -0.39 is 0 Å². The second-order valence-electron chi connectivity index (χ2n) is 4.65. The van der Waals surface area contributed by atoms with Crippen molar-refractivity contribution in [3.8, 4) is 0 Å². The van der Waals surface area contributed by atoms with E-state index in [1.165, 1.54) is 5.56 Å². The van der Waals surface area contributed by atoms with Crippen LogP contribution >= 0.6 is 0 Å². The molecule has 0 aliphatic rings. The average molecular weight is 264 g/mol. The fourth-order valence-corrected chi connectivity index (χ4v) is 2.09. The Labute approximate surface area is 117 Å². The minimum Gasteiger partial charge on any atom is -0.372 e. The third-order valence-corrected chi connectivity index (χ3v) is 3.15. The van der Waals surface area contributed by atoms with Crippen molar-refractivity contribution in [2.75, 3.05) is 17.7 Å². The standard InChI is InChI=1S/C16H16N4/c1-11-7-9-12(10-8-11)18-16-19-14-6-4-3-5-13(14)15(17-2)20-16/h3-10H,1-2H3,(H2,17,18,19,20). The zero-order chi connectivity index (χ0) is 13.9. The van der Waals surface area contributed by atoms with Gasteiger partial charge in [-0.2, -0.15) is 4.98 Å². The van der Waals surface area contributed by atoms with E-state index in [9.17, 15) is 0 Å².